The zero-order valence-corrected chi connectivity index (χ0v) is 18.0. The number of aromatic nitrogens is 4. The average Bonchev–Trinajstić information content (AvgIpc) is 3.45. The Labute approximate surface area is 181 Å². The van der Waals surface area contributed by atoms with Crippen molar-refractivity contribution in [3.63, 3.8) is 0 Å². The van der Waals surface area contributed by atoms with Gasteiger partial charge in [0.2, 0.25) is 0 Å². The average molecular weight is 421 g/mol. The van der Waals surface area contributed by atoms with Crippen LogP contribution in [0.4, 0.5) is 0 Å². The minimum Gasteiger partial charge on any atom is -0.390 e. The second-order valence-electron chi connectivity index (χ2n) is 8.04. The molecule has 0 unspecified atom stereocenters. The first-order valence-corrected chi connectivity index (χ1v) is 10.1. The molecule has 1 saturated heterocycles. The van der Waals surface area contributed by atoms with Crippen molar-refractivity contribution in [1.29, 1.82) is 0 Å². The van der Waals surface area contributed by atoms with Crippen LogP contribution in [0.3, 0.4) is 0 Å². The van der Waals surface area contributed by atoms with Crippen LogP contribution in [-0.2, 0) is 7.05 Å². The molecular formula is C22H28N8O. The van der Waals surface area contributed by atoms with Crippen LogP contribution >= 0.6 is 0 Å². The summed E-state index contributed by atoms with van der Waals surface area (Å²) in [7, 11) is 5.83. The van der Waals surface area contributed by atoms with Crippen LogP contribution in [0.1, 0.15) is 5.69 Å². The topological polar surface area (TPSA) is 112 Å². The highest BCUT2D eigenvalue weighted by Gasteiger charge is 2.33. The van der Waals surface area contributed by atoms with E-state index in [2.05, 4.69) is 37.8 Å². The number of β-amino-alcohol motifs (C(OH)–C–C–N with tert-alkyl or cyclic N) is 1. The molecule has 0 saturated carbocycles. The van der Waals surface area contributed by atoms with Crippen LogP contribution in [0.25, 0.3) is 27.7 Å². The predicted molar refractivity (Wildman–Crippen MR) is 123 cm³/mol. The minimum absolute atomic E-state index is 0.0554. The summed E-state index contributed by atoms with van der Waals surface area (Å²) < 4.78 is 1.77. The lowest BCUT2D eigenvalue weighted by Crippen LogP contribution is -2.37. The van der Waals surface area contributed by atoms with Gasteiger partial charge in [-0.1, -0.05) is 12.6 Å². The van der Waals surface area contributed by atoms with Gasteiger partial charge >= 0.3 is 0 Å². The van der Waals surface area contributed by atoms with Crippen LogP contribution in [0.5, 0.6) is 0 Å². The van der Waals surface area contributed by atoms with Crippen molar-refractivity contribution < 1.29 is 5.11 Å². The van der Waals surface area contributed by atoms with Gasteiger partial charge in [0.05, 0.1) is 35.9 Å². The first kappa shape index (κ1) is 20.8. The molecule has 1 fully saturated rings. The van der Waals surface area contributed by atoms with Gasteiger partial charge in [0.1, 0.15) is 5.69 Å². The summed E-state index contributed by atoms with van der Waals surface area (Å²) >= 11 is 0. The highest BCUT2D eigenvalue weighted by atomic mass is 16.3. The van der Waals surface area contributed by atoms with Crippen LogP contribution < -0.4 is 5.73 Å². The second-order valence-corrected chi connectivity index (χ2v) is 8.04. The number of aryl methyl sites for hydroxylation is 1. The Hall–Kier alpha value is -3.43. The van der Waals surface area contributed by atoms with Crippen LogP contribution in [0, 0.1) is 0 Å². The van der Waals surface area contributed by atoms with Crippen molar-refractivity contribution in [3.8, 4) is 11.1 Å². The number of likely N-dealkylation sites (N-methyl/N-ethyl adjacent to an activating group) is 1. The first-order chi connectivity index (χ1) is 14.9. The van der Waals surface area contributed by atoms with E-state index in [4.69, 9.17) is 5.73 Å². The summed E-state index contributed by atoms with van der Waals surface area (Å²) in [6.07, 6.45) is 6.48. The quantitative estimate of drug-likeness (QED) is 0.316. The number of H-pyrrole nitrogens is 1. The molecular weight excluding hydrogens is 392 g/mol. The Morgan fingerprint density at radius 2 is 2.16 bits per heavy atom. The maximum atomic E-state index is 10.4. The molecule has 9 nitrogen and oxygen atoms in total. The summed E-state index contributed by atoms with van der Waals surface area (Å²) in [6.45, 7) is 5.41. The summed E-state index contributed by atoms with van der Waals surface area (Å²) in [6, 6.07) is 6.14. The Morgan fingerprint density at radius 3 is 2.81 bits per heavy atom. The fourth-order valence-electron chi connectivity index (χ4n) is 3.97. The Bertz CT molecular complexity index is 1160. The van der Waals surface area contributed by atoms with E-state index in [0.717, 1.165) is 27.7 Å². The highest BCUT2D eigenvalue weighted by Crippen LogP contribution is 2.30. The number of nitrogens with zero attached hydrogens (tertiary/aromatic N) is 6. The standard InChI is InChI=1S/C22H28N8O/c1-14(30-11-20(28(2)3)21(31)12-30)7-19(24-13-23)22-17-8-15(5-6-18(17)26-27-22)16-9-25-29(4)10-16/h5-10,13,20-21,31H,1,11-12H2,2-4H3,(H2,23,24)(H,26,27)/b19-7-/t20-,21-/m0/s1. The third-order valence-electron chi connectivity index (χ3n) is 5.69. The van der Waals surface area contributed by atoms with E-state index in [0.29, 0.717) is 24.5 Å². The summed E-state index contributed by atoms with van der Waals surface area (Å²) in [4.78, 5) is 8.44. The number of nitrogens with two attached hydrogens (primary N) is 1. The number of hydrogen-bond donors (Lipinski definition) is 3. The van der Waals surface area contributed by atoms with Gasteiger partial charge in [0, 0.05) is 43.0 Å². The van der Waals surface area contributed by atoms with E-state index in [1.165, 1.54) is 6.34 Å². The molecule has 1 aliphatic heterocycles. The lowest BCUT2D eigenvalue weighted by molar-refractivity contribution is 0.113. The van der Waals surface area contributed by atoms with Crippen molar-refractivity contribution >= 4 is 22.9 Å². The number of allylic oxidation sites excluding steroid dienone is 1. The number of aromatic amines is 1. The fraction of sp³-hybridized carbons (Fsp3) is 0.318. The Balaban J connectivity index is 1.69. The third kappa shape index (κ3) is 4.10. The fourth-order valence-corrected chi connectivity index (χ4v) is 3.97. The second kappa shape index (κ2) is 8.37. The number of nitrogens with one attached hydrogen (secondary N) is 1. The van der Waals surface area contributed by atoms with Crippen molar-refractivity contribution in [2.24, 2.45) is 17.8 Å². The molecule has 4 N–H and O–H groups in total. The van der Waals surface area contributed by atoms with Gasteiger partial charge in [0.25, 0.3) is 0 Å². The number of likely N-dealkylation sites (tertiary alicyclic amines) is 1. The number of benzene rings is 1. The van der Waals surface area contributed by atoms with Gasteiger partial charge in [-0.15, -0.1) is 0 Å². The molecule has 0 bridgehead atoms. The molecule has 162 valence electrons. The van der Waals surface area contributed by atoms with E-state index in [1.807, 2.05) is 56.6 Å². The number of rotatable bonds is 6. The molecule has 1 aliphatic rings. The van der Waals surface area contributed by atoms with Crippen molar-refractivity contribution in [2.75, 3.05) is 27.2 Å². The van der Waals surface area contributed by atoms with Gasteiger partial charge in [-0.05, 0) is 37.9 Å². The molecule has 0 amide bonds. The normalized spacial score (nSPS) is 19.9. The van der Waals surface area contributed by atoms with E-state index < -0.39 is 6.10 Å². The summed E-state index contributed by atoms with van der Waals surface area (Å²) in [5.74, 6) is 0. The maximum Gasteiger partial charge on any atom is 0.118 e. The monoisotopic (exact) mass is 420 g/mol. The van der Waals surface area contributed by atoms with E-state index >= 15 is 0 Å². The number of fused-ring (bicyclic) bond motifs is 1. The summed E-state index contributed by atoms with van der Waals surface area (Å²) in [5, 5.41) is 23.1. The molecule has 2 aromatic heterocycles. The first-order valence-electron chi connectivity index (χ1n) is 10.1. The molecule has 3 heterocycles. The van der Waals surface area contributed by atoms with Gasteiger partial charge in [-0.3, -0.25) is 9.78 Å². The zero-order chi connectivity index (χ0) is 22.1. The van der Waals surface area contributed by atoms with Gasteiger partial charge in [-0.2, -0.15) is 10.2 Å². The van der Waals surface area contributed by atoms with Crippen LogP contribution in [0.15, 0.2) is 53.9 Å². The summed E-state index contributed by atoms with van der Waals surface area (Å²) in [5.41, 5.74) is 10.6. The smallest absolute Gasteiger partial charge is 0.118 e. The molecule has 3 aromatic rings. The minimum atomic E-state index is -0.435. The third-order valence-corrected chi connectivity index (χ3v) is 5.69. The zero-order valence-electron chi connectivity index (χ0n) is 18.0. The van der Waals surface area contributed by atoms with Crippen molar-refractivity contribution in [1.82, 2.24) is 29.8 Å². The molecule has 4 rings (SSSR count). The van der Waals surface area contributed by atoms with Crippen molar-refractivity contribution in [2.45, 2.75) is 12.1 Å². The number of aliphatic hydroxyl groups excluding tert-OH is 1. The Morgan fingerprint density at radius 1 is 1.35 bits per heavy atom. The van der Waals surface area contributed by atoms with Crippen LogP contribution in [0.2, 0.25) is 0 Å². The SMILES string of the molecule is C=C(/C=C(\N=C/N)c1n[nH]c2ccc(-c3cnn(C)c3)cc12)N1C[C@H](O)[C@@H](N(C)C)C1. The van der Waals surface area contributed by atoms with Crippen molar-refractivity contribution in [3.05, 3.63) is 54.6 Å². The number of hydrogen-bond acceptors (Lipinski definition) is 6. The lowest BCUT2D eigenvalue weighted by atomic mass is 10.0. The van der Waals surface area contributed by atoms with Crippen LogP contribution in [-0.4, -0.2) is 80.6 Å². The molecule has 2 atom stereocenters. The van der Waals surface area contributed by atoms with E-state index in [1.54, 1.807) is 4.68 Å². The lowest BCUT2D eigenvalue weighted by Gasteiger charge is -2.22. The largest absolute Gasteiger partial charge is 0.390 e. The molecule has 1 aromatic carbocycles. The van der Waals surface area contributed by atoms with Gasteiger partial charge < -0.3 is 20.6 Å². The van der Waals surface area contributed by atoms with E-state index in [9.17, 15) is 5.11 Å². The number of aliphatic hydroxyl groups is 1. The van der Waals surface area contributed by atoms with E-state index in [-0.39, 0.29) is 6.04 Å². The Kier molecular flexibility index (Phi) is 5.62. The number of aliphatic imine (C=N–C) groups is 1. The molecule has 9 heteroatoms. The van der Waals surface area contributed by atoms with Gasteiger partial charge in [0.15, 0.2) is 0 Å². The van der Waals surface area contributed by atoms with Gasteiger partial charge in [-0.25, -0.2) is 4.99 Å². The molecule has 0 spiro atoms. The molecule has 0 aliphatic carbocycles. The maximum absolute atomic E-state index is 10.4. The molecule has 0 radical (unpaired) electrons. The highest BCUT2D eigenvalue weighted by molar-refractivity contribution is 5.94. The molecule has 31 heavy (non-hydrogen) atoms. The predicted octanol–water partition coefficient (Wildman–Crippen LogP) is 1.41.